The van der Waals surface area contributed by atoms with E-state index in [-0.39, 0.29) is 5.78 Å². The maximum atomic E-state index is 12.2. The molecule has 0 unspecified atom stereocenters. The third-order valence-corrected chi connectivity index (χ3v) is 3.12. The maximum absolute atomic E-state index is 12.2. The van der Waals surface area contributed by atoms with E-state index in [2.05, 4.69) is 0 Å². The normalized spacial score (nSPS) is 10.2. The molecule has 2 N–H and O–H groups in total. The quantitative estimate of drug-likeness (QED) is 0.675. The lowest BCUT2D eigenvalue weighted by atomic mass is 10.0. The lowest BCUT2D eigenvalue weighted by Crippen LogP contribution is -2.04. The number of hydrogen-bond acceptors (Lipinski definition) is 3. The van der Waals surface area contributed by atoms with Gasteiger partial charge >= 0.3 is 0 Å². The molecule has 98 valence electrons. The smallest absolute Gasteiger partial charge is 0.167 e. The molecule has 0 saturated heterocycles. The van der Waals surface area contributed by atoms with Crippen LogP contribution in [0.2, 0.25) is 0 Å². The van der Waals surface area contributed by atoms with Crippen LogP contribution in [-0.4, -0.2) is 12.9 Å². The zero-order chi connectivity index (χ0) is 13.8. The van der Waals surface area contributed by atoms with E-state index in [1.54, 1.807) is 19.2 Å². The first-order valence-corrected chi connectivity index (χ1v) is 6.12. The third-order valence-electron chi connectivity index (χ3n) is 3.12. The van der Waals surface area contributed by atoms with Gasteiger partial charge in [0.05, 0.1) is 7.11 Å². The van der Waals surface area contributed by atoms with Gasteiger partial charge in [0.1, 0.15) is 5.75 Å². The number of methoxy groups -OCH3 is 1. The Kier molecular flexibility index (Phi) is 3.85. The summed E-state index contributed by atoms with van der Waals surface area (Å²) in [6.45, 7) is 1.90. The average molecular weight is 255 g/mol. The number of nitrogen functional groups attached to an aromatic ring is 1. The second-order valence-corrected chi connectivity index (χ2v) is 4.52. The van der Waals surface area contributed by atoms with Gasteiger partial charge in [-0.25, -0.2) is 0 Å². The van der Waals surface area contributed by atoms with Gasteiger partial charge < -0.3 is 10.5 Å². The first-order valence-electron chi connectivity index (χ1n) is 6.12. The van der Waals surface area contributed by atoms with Gasteiger partial charge in [-0.2, -0.15) is 0 Å². The minimum absolute atomic E-state index is 0.0910. The molecule has 19 heavy (non-hydrogen) atoms. The van der Waals surface area contributed by atoms with Crippen LogP contribution in [0, 0.1) is 6.92 Å². The van der Waals surface area contributed by atoms with Crippen molar-refractivity contribution >= 4 is 11.5 Å². The second kappa shape index (κ2) is 5.57. The molecule has 2 aromatic rings. The molecule has 0 atom stereocenters. The highest BCUT2D eigenvalue weighted by atomic mass is 16.5. The van der Waals surface area contributed by atoms with E-state index < -0.39 is 0 Å². The second-order valence-electron chi connectivity index (χ2n) is 4.52. The van der Waals surface area contributed by atoms with Gasteiger partial charge in [0, 0.05) is 17.7 Å². The van der Waals surface area contributed by atoms with E-state index in [1.165, 1.54) is 0 Å². The first kappa shape index (κ1) is 13.1. The fourth-order valence-electron chi connectivity index (χ4n) is 1.88. The summed E-state index contributed by atoms with van der Waals surface area (Å²) < 4.78 is 5.09. The fourth-order valence-corrected chi connectivity index (χ4v) is 1.88. The van der Waals surface area contributed by atoms with Gasteiger partial charge in [0.25, 0.3) is 0 Å². The van der Waals surface area contributed by atoms with Crippen molar-refractivity contribution in [2.75, 3.05) is 12.8 Å². The van der Waals surface area contributed by atoms with Crippen LogP contribution in [0.1, 0.15) is 21.5 Å². The number of carbonyl (C=O) groups is 1. The van der Waals surface area contributed by atoms with Crippen molar-refractivity contribution in [3.05, 3.63) is 59.2 Å². The molecule has 3 heteroatoms. The number of hydrogen-bond donors (Lipinski definition) is 1. The number of benzene rings is 2. The summed E-state index contributed by atoms with van der Waals surface area (Å²) in [5.41, 5.74) is 9.06. The van der Waals surface area contributed by atoms with Gasteiger partial charge in [-0.3, -0.25) is 4.79 Å². The van der Waals surface area contributed by atoms with E-state index in [0.717, 1.165) is 16.9 Å². The average Bonchev–Trinajstić information content (AvgIpc) is 2.42. The number of carbonyl (C=O) groups excluding carboxylic acids is 1. The number of ketones is 1. The van der Waals surface area contributed by atoms with Crippen molar-refractivity contribution in [3.63, 3.8) is 0 Å². The predicted octanol–water partition coefficient (Wildman–Crippen LogP) is 3.01. The number of Topliss-reactive ketones (excluding diaryl/α,β-unsaturated/α-hetero) is 1. The monoisotopic (exact) mass is 255 g/mol. The van der Waals surface area contributed by atoms with Gasteiger partial charge in [0.15, 0.2) is 5.78 Å². The molecule has 0 bridgehead atoms. The van der Waals surface area contributed by atoms with Gasteiger partial charge in [-0.1, -0.05) is 12.1 Å². The summed E-state index contributed by atoms with van der Waals surface area (Å²) >= 11 is 0. The first-order chi connectivity index (χ1) is 9.10. The number of anilines is 1. The molecule has 0 spiro atoms. The largest absolute Gasteiger partial charge is 0.497 e. The molecule has 0 amide bonds. The Morgan fingerprint density at radius 2 is 1.84 bits per heavy atom. The number of nitrogens with two attached hydrogens (primary N) is 1. The predicted molar refractivity (Wildman–Crippen MR) is 76.6 cm³/mol. The number of rotatable bonds is 4. The van der Waals surface area contributed by atoms with Crippen molar-refractivity contribution in [1.29, 1.82) is 0 Å². The van der Waals surface area contributed by atoms with Gasteiger partial charge in [-0.05, 0) is 48.4 Å². The van der Waals surface area contributed by atoms with E-state index >= 15 is 0 Å². The Bertz CT molecular complexity index is 588. The summed E-state index contributed by atoms with van der Waals surface area (Å²) in [5, 5.41) is 0. The number of aryl methyl sites for hydroxylation is 1. The van der Waals surface area contributed by atoms with Crippen molar-refractivity contribution < 1.29 is 9.53 Å². The highest BCUT2D eigenvalue weighted by Crippen LogP contribution is 2.16. The standard InChI is InChI=1S/C16H17NO2/c1-11-9-13(5-8-15(11)17)16(18)10-12-3-6-14(19-2)7-4-12/h3-9H,10,17H2,1-2H3. The Morgan fingerprint density at radius 1 is 1.16 bits per heavy atom. The lowest BCUT2D eigenvalue weighted by Gasteiger charge is -2.05. The molecule has 0 saturated carbocycles. The Labute approximate surface area is 113 Å². The maximum Gasteiger partial charge on any atom is 0.167 e. The van der Waals surface area contributed by atoms with Crippen molar-refractivity contribution in [2.45, 2.75) is 13.3 Å². The third kappa shape index (κ3) is 3.13. The Hall–Kier alpha value is -2.29. The van der Waals surface area contributed by atoms with Gasteiger partial charge in [-0.15, -0.1) is 0 Å². The molecule has 0 aromatic heterocycles. The summed E-state index contributed by atoms with van der Waals surface area (Å²) in [4.78, 5) is 12.2. The molecule has 0 radical (unpaired) electrons. The van der Waals surface area contributed by atoms with Crippen LogP contribution >= 0.6 is 0 Å². The lowest BCUT2D eigenvalue weighted by molar-refractivity contribution is 0.0993. The number of ether oxygens (including phenoxy) is 1. The van der Waals surface area contributed by atoms with E-state index in [1.807, 2.05) is 37.3 Å². The van der Waals surface area contributed by atoms with Crippen LogP contribution in [0.3, 0.4) is 0 Å². The molecule has 0 aliphatic rings. The molecule has 0 aliphatic heterocycles. The summed E-state index contributed by atoms with van der Waals surface area (Å²) in [6.07, 6.45) is 0.382. The van der Waals surface area contributed by atoms with Crippen molar-refractivity contribution in [2.24, 2.45) is 0 Å². The SMILES string of the molecule is COc1ccc(CC(=O)c2ccc(N)c(C)c2)cc1. The summed E-state index contributed by atoms with van der Waals surface area (Å²) in [5.74, 6) is 0.882. The summed E-state index contributed by atoms with van der Waals surface area (Å²) in [7, 11) is 1.62. The summed E-state index contributed by atoms with van der Waals surface area (Å²) in [6, 6.07) is 12.9. The highest BCUT2D eigenvalue weighted by Gasteiger charge is 2.08. The topological polar surface area (TPSA) is 52.3 Å². The van der Waals surface area contributed by atoms with Crippen molar-refractivity contribution in [3.8, 4) is 5.75 Å². The zero-order valence-electron chi connectivity index (χ0n) is 11.1. The van der Waals surface area contributed by atoms with Gasteiger partial charge in [0.2, 0.25) is 0 Å². The van der Waals surface area contributed by atoms with Crippen LogP contribution < -0.4 is 10.5 Å². The van der Waals surface area contributed by atoms with Crippen LogP contribution in [-0.2, 0) is 6.42 Å². The minimum atomic E-state index is 0.0910. The van der Waals surface area contributed by atoms with Crippen LogP contribution in [0.15, 0.2) is 42.5 Å². The molecule has 2 rings (SSSR count). The minimum Gasteiger partial charge on any atom is -0.497 e. The molecule has 2 aromatic carbocycles. The van der Waals surface area contributed by atoms with Crippen LogP contribution in [0.5, 0.6) is 5.75 Å². The zero-order valence-corrected chi connectivity index (χ0v) is 11.1. The van der Waals surface area contributed by atoms with Crippen LogP contribution in [0.25, 0.3) is 0 Å². The fraction of sp³-hybridized carbons (Fsp3) is 0.188. The molecular formula is C16H17NO2. The Morgan fingerprint density at radius 3 is 2.42 bits per heavy atom. The van der Waals surface area contributed by atoms with E-state index in [0.29, 0.717) is 17.7 Å². The van der Waals surface area contributed by atoms with E-state index in [9.17, 15) is 4.79 Å². The van der Waals surface area contributed by atoms with Crippen LogP contribution in [0.4, 0.5) is 5.69 Å². The molecule has 0 fully saturated rings. The Balaban J connectivity index is 2.13. The molecule has 0 heterocycles. The van der Waals surface area contributed by atoms with Crippen molar-refractivity contribution in [1.82, 2.24) is 0 Å². The molecule has 3 nitrogen and oxygen atoms in total. The highest BCUT2D eigenvalue weighted by molar-refractivity contribution is 5.98. The molecular weight excluding hydrogens is 238 g/mol. The molecule has 0 aliphatic carbocycles. The van der Waals surface area contributed by atoms with E-state index in [4.69, 9.17) is 10.5 Å².